The Morgan fingerprint density at radius 3 is 2.81 bits per heavy atom. The minimum absolute atomic E-state index is 0.0747. The van der Waals surface area contributed by atoms with Crippen LogP contribution in [0.15, 0.2) is 18.2 Å². The average Bonchev–Trinajstić information content (AvgIpc) is 2.47. The molecule has 0 bridgehead atoms. The number of hydrogen-bond acceptors (Lipinski definition) is 3. The summed E-state index contributed by atoms with van der Waals surface area (Å²) in [7, 11) is 1.60. The molecule has 0 aliphatic carbocycles. The number of hydrogen-bond donors (Lipinski definition) is 2. The highest BCUT2D eigenvalue weighted by Gasteiger charge is 2.12. The van der Waals surface area contributed by atoms with Gasteiger partial charge in [0.05, 0.1) is 13.1 Å². The van der Waals surface area contributed by atoms with Crippen LogP contribution in [-0.2, 0) is 11.3 Å². The molecule has 0 unspecified atom stereocenters. The van der Waals surface area contributed by atoms with Gasteiger partial charge in [0.25, 0.3) is 0 Å². The third-order valence-corrected chi connectivity index (χ3v) is 2.97. The first-order valence-electron chi connectivity index (χ1n) is 7.01. The van der Waals surface area contributed by atoms with E-state index in [-0.39, 0.29) is 24.8 Å². The number of nitrogens with one attached hydrogen (secondary N) is 1. The van der Waals surface area contributed by atoms with Gasteiger partial charge >= 0.3 is 0 Å². The molecule has 1 aromatic rings. The number of carbonyl (C=O) groups is 1. The maximum atomic E-state index is 14.1. The van der Waals surface area contributed by atoms with Crippen molar-refractivity contribution in [3.05, 3.63) is 35.1 Å². The smallest absolute Gasteiger partial charge is 0.233 e. The first-order chi connectivity index (χ1) is 10.1. The summed E-state index contributed by atoms with van der Waals surface area (Å²) in [5.41, 5.74) is 6.46. The normalized spacial score (nSPS) is 10.1. The van der Waals surface area contributed by atoms with E-state index in [1.165, 1.54) is 6.07 Å². The maximum absolute atomic E-state index is 14.1. The van der Waals surface area contributed by atoms with Crippen molar-refractivity contribution in [3.8, 4) is 11.8 Å². The molecular formula is C16H22FN3O. The van der Waals surface area contributed by atoms with Crippen LogP contribution in [0.25, 0.3) is 0 Å². The summed E-state index contributed by atoms with van der Waals surface area (Å²) in [6, 6.07) is 4.88. The van der Waals surface area contributed by atoms with Crippen molar-refractivity contribution in [3.63, 3.8) is 0 Å². The fourth-order valence-corrected chi connectivity index (χ4v) is 1.96. The van der Waals surface area contributed by atoms with Crippen molar-refractivity contribution in [2.75, 3.05) is 26.7 Å². The van der Waals surface area contributed by atoms with Crippen molar-refractivity contribution in [2.24, 2.45) is 5.73 Å². The molecule has 114 valence electrons. The fourth-order valence-electron chi connectivity index (χ4n) is 1.96. The topological polar surface area (TPSA) is 58.4 Å². The molecule has 1 aromatic carbocycles. The third kappa shape index (κ3) is 5.94. The summed E-state index contributed by atoms with van der Waals surface area (Å²) in [6.07, 6.45) is 0.901. The Bertz CT molecular complexity index is 534. The molecule has 0 heterocycles. The molecular weight excluding hydrogens is 269 g/mol. The van der Waals surface area contributed by atoms with Crippen LogP contribution in [0.1, 0.15) is 24.5 Å². The Hall–Kier alpha value is -1.90. The van der Waals surface area contributed by atoms with Crippen LogP contribution in [0, 0.1) is 17.7 Å². The largest absolute Gasteiger partial charge is 0.358 e. The van der Waals surface area contributed by atoms with Gasteiger partial charge in [-0.1, -0.05) is 24.8 Å². The number of halogens is 1. The van der Waals surface area contributed by atoms with Gasteiger partial charge in [-0.25, -0.2) is 4.39 Å². The van der Waals surface area contributed by atoms with E-state index in [4.69, 9.17) is 5.73 Å². The number of rotatable bonds is 6. The second-order valence-corrected chi connectivity index (χ2v) is 4.70. The molecule has 3 N–H and O–H groups in total. The van der Waals surface area contributed by atoms with Gasteiger partial charge in [-0.2, -0.15) is 0 Å². The van der Waals surface area contributed by atoms with E-state index in [0.29, 0.717) is 17.7 Å². The van der Waals surface area contributed by atoms with Crippen LogP contribution >= 0.6 is 0 Å². The third-order valence-electron chi connectivity index (χ3n) is 2.97. The highest BCUT2D eigenvalue weighted by molar-refractivity contribution is 5.77. The van der Waals surface area contributed by atoms with Crippen LogP contribution < -0.4 is 11.1 Å². The van der Waals surface area contributed by atoms with E-state index in [1.807, 2.05) is 11.8 Å². The van der Waals surface area contributed by atoms with E-state index in [1.54, 1.807) is 19.2 Å². The van der Waals surface area contributed by atoms with Crippen LogP contribution in [0.5, 0.6) is 0 Å². The van der Waals surface area contributed by atoms with E-state index >= 15 is 0 Å². The first kappa shape index (κ1) is 17.2. The first-order valence-corrected chi connectivity index (χ1v) is 7.01. The lowest BCUT2D eigenvalue weighted by Crippen LogP contribution is -2.35. The van der Waals surface area contributed by atoms with Crippen LogP contribution in [0.3, 0.4) is 0 Å². The van der Waals surface area contributed by atoms with E-state index in [2.05, 4.69) is 17.2 Å². The molecule has 1 amide bonds. The van der Waals surface area contributed by atoms with Crippen molar-refractivity contribution in [2.45, 2.75) is 19.9 Å². The minimum atomic E-state index is -0.308. The van der Waals surface area contributed by atoms with E-state index in [0.717, 1.165) is 13.0 Å². The summed E-state index contributed by atoms with van der Waals surface area (Å²) in [5, 5.41) is 2.58. The van der Waals surface area contributed by atoms with Gasteiger partial charge in [-0.3, -0.25) is 9.69 Å². The van der Waals surface area contributed by atoms with E-state index < -0.39 is 0 Å². The molecule has 0 atom stereocenters. The van der Waals surface area contributed by atoms with Crippen LogP contribution in [-0.4, -0.2) is 37.5 Å². The zero-order valence-corrected chi connectivity index (χ0v) is 12.6. The number of benzene rings is 1. The van der Waals surface area contributed by atoms with Gasteiger partial charge < -0.3 is 11.1 Å². The molecule has 0 aliphatic rings. The van der Waals surface area contributed by atoms with Crippen molar-refractivity contribution < 1.29 is 9.18 Å². The highest BCUT2D eigenvalue weighted by Crippen LogP contribution is 2.13. The maximum Gasteiger partial charge on any atom is 0.233 e. The van der Waals surface area contributed by atoms with Gasteiger partial charge in [-0.05, 0) is 25.1 Å². The van der Waals surface area contributed by atoms with Crippen LogP contribution in [0.2, 0.25) is 0 Å². The summed E-state index contributed by atoms with van der Waals surface area (Å²) >= 11 is 0. The van der Waals surface area contributed by atoms with Gasteiger partial charge in [0.15, 0.2) is 0 Å². The van der Waals surface area contributed by atoms with E-state index in [9.17, 15) is 9.18 Å². The standard InChI is InChI=1S/C16H22FN3O/c1-3-9-20(12-16(21)19-2)11-14-7-6-13(5-4-8-18)10-15(14)17/h6-7,10H,3,8-9,11-12,18H2,1-2H3,(H,19,21). The zero-order valence-electron chi connectivity index (χ0n) is 12.6. The van der Waals surface area contributed by atoms with Gasteiger partial charge in [0, 0.05) is 24.7 Å². The zero-order chi connectivity index (χ0) is 15.7. The number of nitrogens with zero attached hydrogens (tertiary/aromatic N) is 1. The second kappa shape index (κ2) is 9.11. The van der Waals surface area contributed by atoms with Gasteiger partial charge in [-0.15, -0.1) is 0 Å². The fraction of sp³-hybridized carbons (Fsp3) is 0.438. The molecule has 0 saturated heterocycles. The lowest BCUT2D eigenvalue weighted by Gasteiger charge is -2.21. The van der Waals surface area contributed by atoms with Crippen LogP contribution in [0.4, 0.5) is 4.39 Å². The molecule has 0 radical (unpaired) electrons. The molecule has 1 rings (SSSR count). The summed E-state index contributed by atoms with van der Waals surface area (Å²) in [6.45, 7) is 3.68. The average molecular weight is 291 g/mol. The quantitative estimate of drug-likeness (QED) is 0.772. The molecule has 0 aliphatic heterocycles. The Labute approximate surface area is 125 Å². The Kier molecular flexibility index (Phi) is 7.44. The van der Waals surface area contributed by atoms with Gasteiger partial charge in [0.2, 0.25) is 5.91 Å². The number of amides is 1. The second-order valence-electron chi connectivity index (χ2n) is 4.70. The summed E-state index contributed by atoms with van der Waals surface area (Å²) < 4.78 is 14.1. The molecule has 0 aromatic heterocycles. The number of carbonyl (C=O) groups excluding carboxylic acids is 1. The van der Waals surface area contributed by atoms with Gasteiger partial charge in [0.1, 0.15) is 5.82 Å². The van der Waals surface area contributed by atoms with Crippen molar-refractivity contribution in [1.29, 1.82) is 0 Å². The molecule has 21 heavy (non-hydrogen) atoms. The molecule has 0 fully saturated rings. The molecule has 5 heteroatoms. The predicted molar refractivity (Wildman–Crippen MR) is 82.0 cm³/mol. The van der Waals surface area contributed by atoms with Crippen molar-refractivity contribution in [1.82, 2.24) is 10.2 Å². The summed E-state index contributed by atoms with van der Waals surface area (Å²) in [4.78, 5) is 13.4. The molecule has 0 spiro atoms. The lowest BCUT2D eigenvalue weighted by molar-refractivity contribution is -0.121. The lowest BCUT2D eigenvalue weighted by atomic mass is 10.1. The Morgan fingerprint density at radius 2 is 2.24 bits per heavy atom. The minimum Gasteiger partial charge on any atom is -0.358 e. The highest BCUT2D eigenvalue weighted by atomic mass is 19.1. The SMILES string of the molecule is CCCN(CC(=O)NC)Cc1ccc(C#CCN)cc1F. The predicted octanol–water partition coefficient (Wildman–Crippen LogP) is 1.09. The Balaban J connectivity index is 2.81. The molecule has 0 saturated carbocycles. The summed E-state index contributed by atoms with van der Waals surface area (Å²) in [5.74, 6) is 5.11. The Morgan fingerprint density at radius 1 is 1.48 bits per heavy atom. The molecule has 4 nitrogen and oxygen atoms in total. The van der Waals surface area contributed by atoms with Crippen molar-refractivity contribution >= 4 is 5.91 Å². The number of likely N-dealkylation sites (N-methyl/N-ethyl adjacent to an activating group) is 1. The monoisotopic (exact) mass is 291 g/mol. The number of nitrogens with two attached hydrogens (primary N) is 1.